The first-order valence-electron chi connectivity index (χ1n) is 9.14. The Hall–Kier alpha value is -1.71. The van der Waals surface area contributed by atoms with Crippen LogP contribution in [0, 0.1) is 5.92 Å². The molecular formula is C19H32IN5O2. The fraction of sp³-hybridized carbons (Fsp3) is 0.579. The Kier molecular flexibility index (Phi) is 10.3. The highest BCUT2D eigenvalue weighted by atomic mass is 127. The molecule has 1 aromatic carbocycles. The second-order valence-corrected chi connectivity index (χ2v) is 6.67. The van der Waals surface area contributed by atoms with E-state index in [4.69, 9.17) is 4.74 Å². The fourth-order valence-corrected chi connectivity index (χ4v) is 2.91. The number of methoxy groups -OCH3 is 1. The van der Waals surface area contributed by atoms with E-state index in [1.807, 2.05) is 19.1 Å². The molecule has 2 N–H and O–H groups in total. The van der Waals surface area contributed by atoms with Gasteiger partial charge >= 0.3 is 0 Å². The average molecular weight is 489 g/mol. The number of ether oxygens (including phenoxy) is 1. The predicted molar refractivity (Wildman–Crippen MR) is 121 cm³/mol. The maximum Gasteiger partial charge on any atom is 0.243 e. The SMILES string of the molecule is CCNC(=NCC(=O)N(C)C)NCC1CCN(c2cccc(OC)c2)C1.I. The van der Waals surface area contributed by atoms with Crippen molar-refractivity contribution in [2.24, 2.45) is 10.9 Å². The van der Waals surface area contributed by atoms with E-state index in [-0.39, 0.29) is 36.4 Å². The molecule has 0 saturated carbocycles. The number of halogens is 1. The van der Waals surface area contributed by atoms with E-state index in [1.165, 1.54) is 5.69 Å². The Bertz CT molecular complexity index is 624. The van der Waals surface area contributed by atoms with E-state index < -0.39 is 0 Å². The molecule has 0 aliphatic carbocycles. The summed E-state index contributed by atoms with van der Waals surface area (Å²) in [7, 11) is 5.17. The number of benzene rings is 1. The molecule has 0 spiro atoms. The Morgan fingerprint density at radius 3 is 2.81 bits per heavy atom. The van der Waals surface area contributed by atoms with E-state index >= 15 is 0 Å². The highest BCUT2D eigenvalue weighted by Crippen LogP contribution is 2.26. The number of nitrogens with one attached hydrogen (secondary N) is 2. The molecule has 0 aromatic heterocycles. The Morgan fingerprint density at radius 2 is 2.15 bits per heavy atom. The van der Waals surface area contributed by atoms with E-state index in [0.717, 1.165) is 38.3 Å². The molecule has 7 nitrogen and oxygen atoms in total. The normalized spacial score (nSPS) is 16.5. The third-order valence-electron chi connectivity index (χ3n) is 4.48. The van der Waals surface area contributed by atoms with Gasteiger partial charge in [0.25, 0.3) is 0 Å². The van der Waals surface area contributed by atoms with Crippen LogP contribution in [0.4, 0.5) is 5.69 Å². The van der Waals surface area contributed by atoms with Crippen molar-refractivity contribution in [3.05, 3.63) is 24.3 Å². The maximum atomic E-state index is 11.7. The van der Waals surface area contributed by atoms with Crippen molar-refractivity contribution in [1.82, 2.24) is 15.5 Å². The summed E-state index contributed by atoms with van der Waals surface area (Å²) in [6, 6.07) is 8.19. The van der Waals surface area contributed by atoms with Gasteiger partial charge in [0, 0.05) is 52.0 Å². The van der Waals surface area contributed by atoms with Crippen molar-refractivity contribution in [2.45, 2.75) is 13.3 Å². The van der Waals surface area contributed by atoms with E-state index in [0.29, 0.717) is 11.9 Å². The van der Waals surface area contributed by atoms with E-state index in [1.54, 1.807) is 26.1 Å². The largest absolute Gasteiger partial charge is 0.497 e. The molecule has 0 radical (unpaired) electrons. The second-order valence-electron chi connectivity index (χ2n) is 6.67. The molecule has 27 heavy (non-hydrogen) atoms. The van der Waals surface area contributed by atoms with Crippen LogP contribution in [0.3, 0.4) is 0 Å². The first-order chi connectivity index (χ1) is 12.5. The Morgan fingerprint density at radius 1 is 1.37 bits per heavy atom. The lowest BCUT2D eigenvalue weighted by Gasteiger charge is -2.20. The van der Waals surface area contributed by atoms with Gasteiger partial charge in [0.1, 0.15) is 12.3 Å². The number of carbonyl (C=O) groups is 1. The number of guanidine groups is 1. The molecule has 1 unspecified atom stereocenters. The molecular weight excluding hydrogens is 457 g/mol. The average Bonchev–Trinajstić information content (AvgIpc) is 3.12. The minimum atomic E-state index is -0.00716. The zero-order valence-corrected chi connectivity index (χ0v) is 19.0. The van der Waals surface area contributed by atoms with Crippen molar-refractivity contribution < 1.29 is 9.53 Å². The fourth-order valence-electron chi connectivity index (χ4n) is 2.91. The minimum absolute atomic E-state index is 0. The molecule has 8 heteroatoms. The number of nitrogens with zero attached hydrogens (tertiary/aromatic N) is 3. The zero-order chi connectivity index (χ0) is 18.9. The van der Waals surface area contributed by atoms with Crippen LogP contribution in [-0.4, -0.2) is 70.7 Å². The summed E-state index contributed by atoms with van der Waals surface area (Å²) in [6.07, 6.45) is 1.13. The number of carbonyl (C=O) groups excluding carboxylic acids is 1. The Labute approximate surface area is 179 Å². The lowest BCUT2D eigenvalue weighted by molar-refractivity contribution is -0.127. The van der Waals surface area contributed by atoms with Crippen LogP contribution < -0.4 is 20.3 Å². The quantitative estimate of drug-likeness (QED) is 0.347. The molecule has 2 rings (SSSR count). The van der Waals surface area contributed by atoms with Crippen LogP contribution in [0.5, 0.6) is 5.75 Å². The first-order valence-corrected chi connectivity index (χ1v) is 9.14. The van der Waals surface area contributed by atoms with Crippen LogP contribution in [0.2, 0.25) is 0 Å². The summed E-state index contributed by atoms with van der Waals surface area (Å²) in [5.74, 6) is 2.11. The topological polar surface area (TPSA) is 69.2 Å². The minimum Gasteiger partial charge on any atom is -0.497 e. The number of rotatable bonds is 7. The van der Waals surface area contributed by atoms with E-state index in [2.05, 4.69) is 32.7 Å². The molecule has 1 amide bonds. The van der Waals surface area contributed by atoms with E-state index in [9.17, 15) is 4.79 Å². The number of amides is 1. The number of anilines is 1. The highest BCUT2D eigenvalue weighted by Gasteiger charge is 2.23. The zero-order valence-electron chi connectivity index (χ0n) is 16.7. The van der Waals surface area contributed by atoms with Gasteiger partial charge in [0.05, 0.1) is 7.11 Å². The molecule has 1 fully saturated rings. The summed E-state index contributed by atoms with van der Waals surface area (Å²) < 4.78 is 5.32. The molecule has 0 bridgehead atoms. The predicted octanol–water partition coefficient (Wildman–Crippen LogP) is 1.78. The summed E-state index contributed by atoms with van der Waals surface area (Å²) in [4.78, 5) is 20.0. The second kappa shape index (κ2) is 11.9. The van der Waals surface area contributed by atoms with Gasteiger partial charge in [0.15, 0.2) is 5.96 Å². The van der Waals surface area contributed by atoms with Crippen molar-refractivity contribution in [3.63, 3.8) is 0 Å². The maximum absolute atomic E-state index is 11.7. The number of hydrogen-bond donors (Lipinski definition) is 2. The van der Waals surface area contributed by atoms with Crippen LogP contribution in [0.1, 0.15) is 13.3 Å². The summed E-state index contributed by atoms with van der Waals surface area (Å²) in [5.41, 5.74) is 1.20. The van der Waals surface area contributed by atoms with Gasteiger partial charge in [-0.3, -0.25) is 4.79 Å². The lowest BCUT2D eigenvalue weighted by Crippen LogP contribution is -2.41. The number of aliphatic imine (C=N–C) groups is 1. The van der Waals surface area contributed by atoms with Crippen molar-refractivity contribution in [1.29, 1.82) is 0 Å². The monoisotopic (exact) mass is 489 g/mol. The Balaban J connectivity index is 0.00000364. The van der Waals surface area contributed by atoms with Crippen LogP contribution in [-0.2, 0) is 4.79 Å². The number of hydrogen-bond acceptors (Lipinski definition) is 4. The summed E-state index contributed by atoms with van der Waals surface area (Å²) in [5, 5.41) is 6.57. The van der Waals surface area contributed by atoms with Crippen molar-refractivity contribution in [3.8, 4) is 5.75 Å². The van der Waals surface area contributed by atoms with Gasteiger partial charge < -0.3 is 25.2 Å². The van der Waals surface area contributed by atoms with Gasteiger partial charge in [-0.05, 0) is 31.4 Å². The number of likely N-dealkylation sites (N-methyl/N-ethyl adjacent to an activating group) is 1. The standard InChI is InChI=1S/C19H31N5O2.HI/c1-5-20-19(22-13-18(25)23(2)3)21-12-15-9-10-24(14-15)16-7-6-8-17(11-16)26-4;/h6-8,11,15H,5,9-10,12-14H2,1-4H3,(H2,20,21,22);1H. The summed E-state index contributed by atoms with van der Waals surface area (Å²) >= 11 is 0. The molecule has 1 aliphatic rings. The summed E-state index contributed by atoms with van der Waals surface area (Å²) in [6.45, 7) is 5.81. The molecule has 1 aromatic rings. The smallest absolute Gasteiger partial charge is 0.243 e. The van der Waals surface area contributed by atoms with Crippen LogP contribution >= 0.6 is 24.0 Å². The molecule has 152 valence electrons. The van der Waals surface area contributed by atoms with Crippen LogP contribution in [0.15, 0.2) is 29.3 Å². The third kappa shape index (κ3) is 7.43. The van der Waals surface area contributed by atoms with Gasteiger partial charge in [-0.1, -0.05) is 6.07 Å². The third-order valence-corrected chi connectivity index (χ3v) is 4.48. The molecule has 1 atom stereocenters. The van der Waals surface area contributed by atoms with Gasteiger partial charge in [-0.15, -0.1) is 24.0 Å². The molecule has 1 aliphatic heterocycles. The van der Waals surface area contributed by atoms with Crippen molar-refractivity contribution >= 4 is 41.5 Å². The molecule has 1 heterocycles. The van der Waals surface area contributed by atoms with Gasteiger partial charge in [-0.2, -0.15) is 0 Å². The lowest BCUT2D eigenvalue weighted by atomic mass is 10.1. The van der Waals surface area contributed by atoms with Gasteiger partial charge in [-0.25, -0.2) is 4.99 Å². The van der Waals surface area contributed by atoms with Gasteiger partial charge in [0.2, 0.25) is 5.91 Å². The molecule has 1 saturated heterocycles. The van der Waals surface area contributed by atoms with Crippen molar-refractivity contribution in [2.75, 3.05) is 58.8 Å². The highest BCUT2D eigenvalue weighted by molar-refractivity contribution is 14.0. The first kappa shape index (κ1) is 23.3. The van der Waals surface area contributed by atoms with Crippen LogP contribution in [0.25, 0.3) is 0 Å².